The fourth-order valence-electron chi connectivity index (χ4n) is 1.83. The molecule has 0 fully saturated rings. The first-order valence-corrected chi connectivity index (χ1v) is 7.93. The minimum Gasteiger partial charge on any atom is -0.281 e. The van der Waals surface area contributed by atoms with Crippen LogP contribution in [0.5, 0.6) is 0 Å². The van der Waals surface area contributed by atoms with Gasteiger partial charge >= 0.3 is 0 Å². The monoisotopic (exact) mass is 343 g/mol. The second-order valence-corrected chi connectivity index (χ2v) is 6.84. The van der Waals surface area contributed by atoms with Gasteiger partial charge in [-0.25, -0.2) is 13.1 Å². The number of aryl methyl sites for hydroxylation is 2. The van der Waals surface area contributed by atoms with E-state index in [0.29, 0.717) is 11.4 Å². The van der Waals surface area contributed by atoms with Gasteiger partial charge in [0.2, 0.25) is 10.0 Å². The van der Waals surface area contributed by atoms with Crippen molar-refractivity contribution < 1.29 is 8.42 Å². The van der Waals surface area contributed by atoms with Crippen molar-refractivity contribution >= 4 is 26.0 Å². The number of sulfonamides is 1. The van der Waals surface area contributed by atoms with Gasteiger partial charge in [-0.15, -0.1) is 0 Å². The molecular formula is C12H14BrN3O2S. The molecule has 0 amide bonds. The fourth-order valence-corrected chi connectivity index (χ4v) is 3.67. The van der Waals surface area contributed by atoms with Crippen LogP contribution >= 0.6 is 15.9 Å². The summed E-state index contributed by atoms with van der Waals surface area (Å²) in [5, 5.41) is 6.57. The number of nitrogens with zero attached hydrogens (tertiary/aromatic N) is 1. The summed E-state index contributed by atoms with van der Waals surface area (Å²) in [4.78, 5) is 0.225. The molecule has 1 aromatic heterocycles. The van der Waals surface area contributed by atoms with E-state index < -0.39 is 10.0 Å². The molecular weight excluding hydrogens is 330 g/mol. The maximum absolute atomic E-state index is 12.2. The molecule has 2 aromatic rings. The quantitative estimate of drug-likeness (QED) is 0.894. The van der Waals surface area contributed by atoms with E-state index in [0.717, 1.165) is 10.0 Å². The lowest BCUT2D eigenvalue weighted by atomic mass is 10.2. The third-order valence-electron chi connectivity index (χ3n) is 2.68. The molecule has 1 aromatic carbocycles. The highest BCUT2D eigenvalue weighted by Crippen LogP contribution is 2.17. The molecule has 0 bridgehead atoms. The van der Waals surface area contributed by atoms with Gasteiger partial charge in [0.05, 0.1) is 11.4 Å². The summed E-state index contributed by atoms with van der Waals surface area (Å²) in [6, 6.07) is 7.49. The van der Waals surface area contributed by atoms with Crippen LogP contribution in [0.25, 0.3) is 0 Å². The lowest BCUT2D eigenvalue weighted by Crippen LogP contribution is -2.24. The Morgan fingerprint density at radius 1 is 1.37 bits per heavy atom. The number of H-pyrrole nitrogens is 1. The van der Waals surface area contributed by atoms with Gasteiger partial charge in [0.15, 0.2) is 0 Å². The molecule has 2 N–H and O–H groups in total. The first kappa shape index (κ1) is 14.2. The van der Waals surface area contributed by atoms with Crippen LogP contribution in [0.3, 0.4) is 0 Å². The van der Waals surface area contributed by atoms with Gasteiger partial charge in [0.25, 0.3) is 0 Å². The number of nitrogens with one attached hydrogen (secondary N) is 2. The number of hydrogen-bond donors (Lipinski definition) is 2. The molecule has 0 saturated heterocycles. The molecule has 0 aliphatic heterocycles. The van der Waals surface area contributed by atoms with Crippen molar-refractivity contribution in [1.29, 1.82) is 0 Å². The van der Waals surface area contributed by atoms with Crippen molar-refractivity contribution in [2.45, 2.75) is 25.3 Å². The minimum absolute atomic E-state index is 0.225. The van der Waals surface area contributed by atoms with Crippen LogP contribution in [0.2, 0.25) is 0 Å². The standard InChI is InChI=1S/C12H14BrN3O2S/c1-8-12(9(2)16-15-8)19(17,18)14-7-10-4-3-5-11(13)6-10/h3-6,14H,7H2,1-2H3,(H,15,16). The molecule has 1 heterocycles. The summed E-state index contributed by atoms with van der Waals surface area (Å²) in [6.45, 7) is 3.59. The summed E-state index contributed by atoms with van der Waals surface area (Å²) in [5.74, 6) is 0. The maximum Gasteiger partial charge on any atom is 0.244 e. The first-order valence-electron chi connectivity index (χ1n) is 5.66. The van der Waals surface area contributed by atoms with Crippen LogP contribution < -0.4 is 4.72 Å². The largest absolute Gasteiger partial charge is 0.281 e. The molecule has 0 atom stereocenters. The van der Waals surface area contributed by atoms with Crippen LogP contribution in [-0.4, -0.2) is 18.6 Å². The molecule has 0 radical (unpaired) electrons. The van der Waals surface area contributed by atoms with Gasteiger partial charge in [0, 0.05) is 11.0 Å². The van der Waals surface area contributed by atoms with Gasteiger partial charge in [0.1, 0.15) is 4.90 Å². The average molecular weight is 344 g/mol. The molecule has 0 aliphatic rings. The Morgan fingerprint density at radius 3 is 2.68 bits per heavy atom. The van der Waals surface area contributed by atoms with Crippen molar-refractivity contribution in [3.8, 4) is 0 Å². The number of halogens is 1. The van der Waals surface area contributed by atoms with Crippen molar-refractivity contribution in [1.82, 2.24) is 14.9 Å². The Morgan fingerprint density at radius 2 is 2.11 bits per heavy atom. The molecule has 19 heavy (non-hydrogen) atoms. The Bertz CT molecular complexity index is 675. The lowest BCUT2D eigenvalue weighted by molar-refractivity contribution is 0.580. The fraction of sp³-hybridized carbons (Fsp3) is 0.250. The first-order chi connectivity index (χ1) is 8.90. The third-order valence-corrected chi connectivity index (χ3v) is 4.84. The van der Waals surface area contributed by atoms with Crippen LogP contribution in [0.1, 0.15) is 17.0 Å². The molecule has 0 saturated carbocycles. The Kier molecular flexibility index (Phi) is 4.07. The zero-order valence-electron chi connectivity index (χ0n) is 10.6. The van der Waals surface area contributed by atoms with Gasteiger partial charge in [-0.3, -0.25) is 5.10 Å². The number of aromatic amines is 1. The lowest BCUT2D eigenvalue weighted by Gasteiger charge is -2.07. The van der Waals surface area contributed by atoms with Crippen molar-refractivity contribution in [2.75, 3.05) is 0 Å². The topological polar surface area (TPSA) is 74.8 Å². The van der Waals surface area contributed by atoms with Gasteiger partial charge < -0.3 is 0 Å². The molecule has 2 rings (SSSR count). The van der Waals surface area contributed by atoms with Gasteiger partial charge in [-0.05, 0) is 31.5 Å². The Balaban J connectivity index is 2.19. The van der Waals surface area contributed by atoms with Crippen molar-refractivity contribution in [3.05, 3.63) is 45.7 Å². The maximum atomic E-state index is 12.2. The van der Waals surface area contributed by atoms with E-state index in [1.807, 2.05) is 24.3 Å². The van der Waals surface area contributed by atoms with E-state index in [9.17, 15) is 8.42 Å². The number of aromatic nitrogens is 2. The molecule has 0 unspecified atom stereocenters. The highest BCUT2D eigenvalue weighted by Gasteiger charge is 2.21. The third kappa shape index (κ3) is 3.23. The zero-order chi connectivity index (χ0) is 14.0. The summed E-state index contributed by atoms with van der Waals surface area (Å²) in [5.41, 5.74) is 1.90. The molecule has 0 aliphatic carbocycles. The summed E-state index contributed by atoms with van der Waals surface area (Å²) < 4.78 is 27.9. The van der Waals surface area contributed by atoms with Crippen LogP contribution in [0.4, 0.5) is 0 Å². The van der Waals surface area contributed by atoms with Gasteiger partial charge in [-0.2, -0.15) is 5.10 Å². The predicted octanol–water partition coefficient (Wildman–Crippen LogP) is 2.27. The SMILES string of the molecule is Cc1n[nH]c(C)c1S(=O)(=O)NCc1cccc(Br)c1. The van der Waals surface area contributed by atoms with Crippen molar-refractivity contribution in [2.24, 2.45) is 0 Å². The average Bonchev–Trinajstić information content (AvgIpc) is 2.67. The van der Waals surface area contributed by atoms with Crippen LogP contribution in [-0.2, 0) is 16.6 Å². The second kappa shape index (κ2) is 5.44. The zero-order valence-corrected chi connectivity index (χ0v) is 13.0. The number of benzene rings is 1. The Hall–Kier alpha value is -1.18. The Labute approximate surface area is 120 Å². The van der Waals surface area contributed by atoms with E-state index >= 15 is 0 Å². The van der Waals surface area contributed by atoms with Crippen LogP contribution in [0.15, 0.2) is 33.6 Å². The van der Waals surface area contributed by atoms with E-state index in [4.69, 9.17) is 0 Å². The predicted molar refractivity (Wildman–Crippen MR) is 76.2 cm³/mol. The summed E-state index contributed by atoms with van der Waals surface area (Å²) in [7, 11) is -3.55. The summed E-state index contributed by atoms with van der Waals surface area (Å²) in [6.07, 6.45) is 0. The number of rotatable bonds is 4. The van der Waals surface area contributed by atoms with Crippen LogP contribution in [0, 0.1) is 13.8 Å². The highest BCUT2D eigenvalue weighted by atomic mass is 79.9. The molecule has 0 spiro atoms. The molecule has 5 nitrogen and oxygen atoms in total. The van der Waals surface area contributed by atoms with Gasteiger partial charge in [-0.1, -0.05) is 28.1 Å². The van der Waals surface area contributed by atoms with Crippen molar-refractivity contribution in [3.63, 3.8) is 0 Å². The van der Waals surface area contributed by atoms with E-state index in [2.05, 4.69) is 30.8 Å². The highest BCUT2D eigenvalue weighted by molar-refractivity contribution is 9.10. The van der Waals surface area contributed by atoms with E-state index in [1.54, 1.807) is 13.8 Å². The van der Waals surface area contributed by atoms with E-state index in [1.165, 1.54) is 0 Å². The van der Waals surface area contributed by atoms with E-state index in [-0.39, 0.29) is 11.4 Å². The minimum atomic E-state index is -3.55. The molecule has 102 valence electrons. The second-order valence-electron chi connectivity index (χ2n) is 4.22. The smallest absolute Gasteiger partial charge is 0.244 e. The normalized spacial score (nSPS) is 11.7. The number of hydrogen-bond acceptors (Lipinski definition) is 3. The molecule has 7 heteroatoms. The summed E-state index contributed by atoms with van der Waals surface area (Å²) >= 11 is 3.35.